The van der Waals surface area contributed by atoms with Gasteiger partial charge in [0.25, 0.3) is 0 Å². The normalized spacial score (nSPS) is 19.3. The summed E-state index contributed by atoms with van der Waals surface area (Å²) >= 11 is 6.04. The van der Waals surface area contributed by atoms with Crippen molar-refractivity contribution in [3.8, 4) is 11.5 Å². The van der Waals surface area contributed by atoms with Crippen molar-refractivity contribution in [2.45, 2.75) is 25.3 Å². The van der Waals surface area contributed by atoms with Crippen LogP contribution in [0.25, 0.3) is 11.5 Å². The number of aromatic nitrogens is 3. The maximum atomic E-state index is 6.04. The largest absolute Gasteiger partial charge is 0.339 e. The van der Waals surface area contributed by atoms with Crippen LogP contribution in [0, 0.1) is 0 Å². The summed E-state index contributed by atoms with van der Waals surface area (Å²) in [7, 11) is 0. The van der Waals surface area contributed by atoms with Gasteiger partial charge in [0.1, 0.15) is 5.69 Å². The van der Waals surface area contributed by atoms with Crippen LogP contribution in [0.3, 0.4) is 0 Å². The van der Waals surface area contributed by atoms with E-state index in [1.54, 1.807) is 18.3 Å². The Morgan fingerprint density at radius 2 is 2.44 bits per heavy atom. The third kappa shape index (κ3) is 2.37. The van der Waals surface area contributed by atoms with Crippen molar-refractivity contribution < 1.29 is 4.52 Å². The van der Waals surface area contributed by atoms with Crippen molar-refractivity contribution in [3.63, 3.8) is 0 Å². The van der Waals surface area contributed by atoms with Gasteiger partial charge in [-0.2, -0.15) is 4.98 Å². The molecule has 0 saturated carbocycles. The number of nitrogens with zero attached hydrogens (tertiary/aromatic N) is 3. The molecule has 3 rings (SSSR count). The molecule has 5 nitrogen and oxygen atoms in total. The first-order valence-electron chi connectivity index (χ1n) is 6.00. The molecule has 0 spiro atoms. The standard InChI is InChI=1S/C12H13ClN4O/c13-9-4-2-6-15-11(9)12-16-10(18-17-12)7-8-3-1-5-14-8/h2,4,6,8,14H,1,3,5,7H2. The number of nitrogens with one attached hydrogen (secondary N) is 1. The summed E-state index contributed by atoms with van der Waals surface area (Å²) in [6.07, 6.45) is 4.78. The maximum Gasteiger partial charge on any atom is 0.228 e. The van der Waals surface area contributed by atoms with E-state index in [-0.39, 0.29) is 0 Å². The molecule has 0 bridgehead atoms. The molecule has 1 aliphatic heterocycles. The molecule has 1 aliphatic rings. The fourth-order valence-corrected chi connectivity index (χ4v) is 2.33. The van der Waals surface area contributed by atoms with Crippen molar-refractivity contribution in [3.05, 3.63) is 29.2 Å². The van der Waals surface area contributed by atoms with Gasteiger partial charge in [-0.05, 0) is 31.5 Å². The molecule has 3 heterocycles. The molecule has 6 heteroatoms. The summed E-state index contributed by atoms with van der Waals surface area (Å²) in [4.78, 5) is 8.50. The van der Waals surface area contributed by atoms with Crippen LogP contribution in [0.1, 0.15) is 18.7 Å². The molecule has 2 aromatic rings. The predicted octanol–water partition coefficient (Wildman–Crippen LogP) is 2.08. The fraction of sp³-hybridized carbons (Fsp3) is 0.417. The van der Waals surface area contributed by atoms with Crippen molar-refractivity contribution in [2.24, 2.45) is 0 Å². The molecular formula is C12H13ClN4O. The molecule has 1 N–H and O–H groups in total. The van der Waals surface area contributed by atoms with Crippen molar-refractivity contribution in [1.29, 1.82) is 0 Å². The van der Waals surface area contributed by atoms with E-state index in [2.05, 4.69) is 20.4 Å². The minimum atomic E-state index is 0.442. The van der Waals surface area contributed by atoms with Crippen LogP contribution >= 0.6 is 11.6 Å². The van der Waals surface area contributed by atoms with E-state index in [0.717, 1.165) is 19.4 Å². The average Bonchev–Trinajstić information content (AvgIpc) is 3.02. The second-order valence-corrected chi connectivity index (χ2v) is 4.75. The monoisotopic (exact) mass is 264 g/mol. The summed E-state index contributed by atoms with van der Waals surface area (Å²) < 4.78 is 5.24. The highest BCUT2D eigenvalue weighted by atomic mass is 35.5. The lowest BCUT2D eigenvalue weighted by molar-refractivity contribution is 0.364. The minimum Gasteiger partial charge on any atom is -0.339 e. The molecular weight excluding hydrogens is 252 g/mol. The highest BCUT2D eigenvalue weighted by molar-refractivity contribution is 6.32. The van der Waals surface area contributed by atoms with Gasteiger partial charge < -0.3 is 9.84 Å². The summed E-state index contributed by atoms with van der Waals surface area (Å²) in [6.45, 7) is 1.07. The lowest BCUT2D eigenvalue weighted by Crippen LogP contribution is -2.23. The maximum absolute atomic E-state index is 6.04. The van der Waals surface area contributed by atoms with Crippen LogP contribution in [-0.2, 0) is 6.42 Å². The van der Waals surface area contributed by atoms with E-state index in [4.69, 9.17) is 16.1 Å². The van der Waals surface area contributed by atoms with Gasteiger partial charge in [-0.1, -0.05) is 16.8 Å². The Kier molecular flexibility index (Phi) is 3.25. The molecule has 1 fully saturated rings. The van der Waals surface area contributed by atoms with Crippen LogP contribution in [0.4, 0.5) is 0 Å². The fourth-order valence-electron chi connectivity index (χ4n) is 2.13. The third-order valence-electron chi connectivity index (χ3n) is 3.02. The van der Waals surface area contributed by atoms with Crippen LogP contribution in [0.5, 0.6) is 0 Å². The summed E-state index contributed by atoms with van der Waals surface area (Å²) in [5, 5.41) is 7.86. The molecule has 0 amide bonds. The molecule has 1 unspecified atom stereocenters. The van der Waals surface area contributed by atoms with Crippen molar-refractivity contribution >= 4 is 11.6 Å². The number of hydrogen-bond donors (Lipinski definition) is 1. The summed E-state index contributed by atoms with van der Waals surface area (Å²) in [6, 6.07) is 3.98. The lowest BCUT2D eigenvalue weighted by atomic mass is 10.1. The van der Waals surface area contributed by atoms with E-state index in [9.17, 15) is 0 Å². The average molecular weight is 265 g/mol. The second kappa shape index (κ2) is 5.04. The second-order valence-electron chi connectivity index (χ2n) is 4.34. The van der Waals surface area contributed by atoms with Gasteiger partial charge in [0, 0.05) is 18.7 Å². The van der Waals surface area contributed by atoms with E-state index in [0.29, 0.717) is 28.5 Å². The van der Waals surface area contributed by atoms with Gasteiger partial charge in [0.2, 0.25) is 11.7 Å². The highest BCUT2D eigenvalue weighted by Gasteiger charge is 2.19. The summed E-state index contributed by atoms with van der Waals surface area (Å²) in [5.74, 6) is 1.08. The van der Waals surface area contributed by atoms with Crippen molar-refractivity contribution in [2.75, 3.05) is 6.54 Å². The Labute approximate surface area is 110 Å². The number of pyridine rings is 1. The van der Waals surface area contributed by atoms with Gasteiger partial charge in [-0.15, -0.1) is 0 Å². The molecule has 0 aliphatic carbocycles. The topological polar surface area (TPSA) is 63.8 Å². The Bertz CT molecular complexity index is 536. The smallest absolute Gasteiger partial charge is 0.228 e. The third-order valence-corrected chi connectivity index (χ3v) is 3.33. The molecule has 1 saturated heterocycles. The van der Waals surface area contributed by atoms with E-state index in [1.165, 1.54) is 6.42 Å². The summed E-state index contributed by atoms with van der Waals surface area (Å²) in [5.41, 5.74) is 0.563. The SMILES string of the molecule is Clc1cccnc1-c1noc(CC2CCCN2)n1. The van der Waals surface area contributed by atoms with Gasteiger partial charge in [-0.3, -0.25) is 4.98 Å². The van der Waals surface area contributed by atoms with Crippen LogP contribution in [0.2, 0.25) is 5.02 Å². The molecule has 2 aromatic heterocycles. The predicted molar refractivity (Wildman–Crippen MR) is 67.3 cm³/mol. The Morgan fingerprint density at radius 3 is 3.22 bits per heavy atom. The van der Waals surface area contributed by atoms with Crippen LogP contribution in [0.15, 0.2) is 22.9 Å². The zero-order valence-electron chi connectivity index (χ0n) is 9.77. The molecule has 0 radical (unpaired) electrons. The minimum absolute atomic E-state index is 0.442. The number of rotatable bonds is 3. The van der Waals surface area contributed by atoms with Gasteiger partial charge in [0.15, 0.2) is 0 Å². The molecule has 0 aromatic carbocycles. The van der Waals surface area contributed by atoms with Gasteiger partial charge in [0.05, 0.1) is 5.02 Å². The lowest BCUT2D eigenvalue weighted by Gasteiger charge is -2.04. The first-order valence-corrected chi connectivity index (χ1v) is 6.37. The van der Waals surface area contributed by atoms with Crippen LogP contribution < -0.4 is 5.32 Å². The van der Waals surface area contributed by atoms with Crippen molar-refractivity contribution in [1.82, 2.24) is 20.4 Å². The van der Waals surface area contributed by atoms with Gasteiger partial charge in [-0.25, -0.2) is 0 Å². The van der Waals surface area contributed by atoms with E-state index < -0.39 is 0 Å². The quantitative estimate of drug-likeness (QED) is 0.920. The van der Waals surface area contributed by atoms with E-state index in [1.807, 2.05) is 0 Å². The molecule has 18 heavy (non-hydrogen) atoms. The number of halogens is 1. The first kappa shape index (κ1) is 11.6. The Balaban J connectivity index is 1.79. The van der Waals surface area contributed by atoms with Crippen LogP contribution in [-0.4, -0.2) is 27.7 Å². The molecule has 1 atom stereocenters. The zero-order valence-corrected chi connectivity index (χ0v) is 10.5. The Morgan fingerprint density at radius 1 is 1.50 bits per heavy atom. The zero-order chi connectivity index (χ0) is 12.4. The van der Waals surface area contributed by atoms with E-state index >= 15 is 0 Å². The highest BCUT2D eigenvalue weighted by Crippen LogP contribution is 2.22. The molecule has 94 valence electrons. The first-order chi connectivity index (χ1) is 8.83. The van der Waals surface area contributed by atoms with Gasteiger partial charge >= 0.3 is 0 Å². The number of hydrogen-bond acceptors (Lipinski definition) is 5. The Hall–Kier alpha value is -1.46.